The van der Waals surface area contributed by atoms with Crippen LogP contribution in [0.25, 0.3) is 0 Å². The van der Waals surface area contributed by atoms with Crippen LogP contribution < -0.4 is 10.1 Å². The number of nitrogens with one attached hydrogen (secondary N) is 1. The average molecular weight is 623 g/mol. The third kappa shape index (κ3) is 9.50. The molecule has 1 aliphatic heterocycles. The number of amides is 3. The minimum absolute atomic E-state index is 0.0660. The summed E-state index contributed by atoms with van der Waals surface area (Å²) < 4.78 is 12.7. The maximum absolute atomic E-state index is 14.3. The van der Waals surface area contributed by atoms with Crippen molar-refractivity contribution in [3.63, 3.8) is 0 Å². The Morgan fingerprint density at radius 2 is 1.78 bits per heavy atom. The highest BCUT2D eigenvalue weighted by atomic mass is 16.5. The summed E-state index contributed by atoms with van der Waals surface area (Å²) >= 11 is 0. The molecule has 0 bridgehead atoms. The summed E-state index contributed by atoms with van der Waals surface area (Å²) in [7, 11) is 1.86. The SMILES string of the molecule is C[C@@H]1CN([C@@H](C)CO)C(=O)c2cc(NC(=O)c3ccncc3)ccc2O[C@@H](C)CCCCO[C@H]1CN(C)C(=O)C1CCCCC1. The third-order valence-corrected chi connectivity index (χ3v) is 9.04. The highest BCUT2D eigenvalue weighted by molar-refractivity contribution is 6.05. The number of benzene rings is 1. The molecule has 1 aromatic heterocycles. The lowest BCUT2D eigenvalue weighted by molar-refractivity contribution is -0.137. The minimum Gasteiger partial charge on any atom is -0.490 e. The fraction of sp³-hybridized carbons (Fsp3) is 0.600. The van der Waals surface area contributed by atoms with Crippen LogP contribution in [0.3, 0.4) is 0 Å². The van der Waals surface area contributed by atoms with Gasteiger partial charge in [-0.05, 0) is 76.3 Å². The summed E-state index contributed by atoms with van der Waals surface area (Å²) in [4.78, 5) is 47.9. The van der Waals surface area contributed by atoms with E-state index in [1.165, 1.54) is 6.42 Å². The van der Waals surface area contributed by atoms with E-state index in [1.807, 2.05) is 25.8 Å². The van der Waals surface area contributed by atoms with Gasteiger partial charge >= 0.3 is 0 Å². The van der Waals surface area contributed by atoms with Crippen LogP contribution in [0.15, 0.2) is 42.7 Å². The lowest BCUT2D eigenvalue weighted by Crippen LogP contribution is -2.48. The predicted molar refractivity (Wildman–Crippen MR) is 173 cm³/mol. The molecule has 1 aliphatic carbocycles. The quantitative estimate of drug-likeness (QED) is 0.437. The molecule has 0 spiro atoms. The lowest BCUT2D eigenvalue weighted by Gasteiger charge is -2.36. The number of carbonyl (C=O) groups excluding carboxylic acids is 3. The number of hydrogen-bond acceptors (Lipinski definition) is 7. The third-order valence-electron chi connectivity index (χ3n) is 9.04. The van der Waals surface area contributed by atoms with Crippen molar-refractivity contribution in [2.75, 3.05) is 38.7 Å². The molecule has 0 saturated heterocycles. The Labute approximate surface area is 267 Å². The van der Waals surface area contributed by atoms with Crippen LogP contribution in [-0.4, -0.2) is 89.2 Å². The summed E-state index contributed by atoms with van der Waals surface area (Å²) in [5.74, 6) is -0.0987. The molecule has 1 saturated carbocycles. The van der Waals surface area contributed by atoms with Crippen LogP contribution in [0.4, 0.5) is 5.69 Å². The molecule has 246 valence electrons. The second-order valence-corrected chi connectivity index (χ2v) is 12.8. The Hall–Kier alpha value is -3.50. The van der Waals surface area contributed by atoms with E-state index in [0.29, 0.717) is 42.3 Å². The zero-order valence-electron chi connectivity index (χ0n) is 27.2. The van der Waals surface area contributed by atoms with Gasteiger partial charge in [-0.15, -0.1) is 0 Å². The Bertz CT molecular complexity index is 1270. The number of aliphatic hydroxyl groups excluding tert-OH is 1. The number of carbonyl (C=O) groups is 3. The Morgan fingerprint density at radius 3 is 2.49 bits per heavy atom. The summed E-state index contributed by atoms with van der Waals surface area (Å²) in [5, 5.41) is 13.1. The van der Waals surface area contributed by atoms with Crippen molar-refractivity contribution in [1.29, 1.82) is 0 Å². The zero-order valence-corrected chi connectivity index (χ0v) is 27.2. The lowest BCUT2D eigenvalue weighted by atomic mass is 9.88. The van der Waals surface area contributed by atoms with Crippen molar-refractivity contribution in [3.05, 3.63) is 53.9 Å². The number of hydrogen-bond donors (Lipinski definition) is 2. The molecular weight excluding hydrogens is 572 g/mol. The number of nitrogens with zero attached hydrogens (tertiary/aromatic N) is 3. The molecule has 10 nitrogen and oxygen atoms in total. The number of likely N-dealkylation sites (N-methyl/N-ethyl adjacent to an activating group) is 1. The van der Waals surface area contributed by atoms with E-state index in [-0.39, 0.29) is 48.4 Å². The molecule has 0 unspecified atom stereocenters. The average Bonchev–Trinajstić information content (AvgIpc) is 3.06. The van der Waals surface area contributed by atoms with Gasteiger partial charge in [0, 0.05) is 62.2 Å². The van der Waals surface area contributed by atoms with Gasteiger partial charge in [-0.25, -0.2) is 0 Å². The smallest absolute Gasteiger partial charge is 0.258 e. The molecular formula is C35H50N4O6. The largest absolute Gasteiger partial charge is 0.490 e. The monoisotopic (exact) mass is 622 g/mol. The van der Waals surface area contributed by atoms with Crippen LogP contribution in [0.2, 0.25) is 0 Å². The first-order valence-corrected chi connectivity index (χ1v) is 16.5. The summed E-state index contributed by atoms with van der Waals surface area (Å²) in [6, 6.07) is 7.84. The highest BCUT2D eigenvalue weighted by Crippen LogP contribution is 2.29. The summed E-state index contributed by atoms with van der Waals surface area (Å²) in [6.07, 6.45) is 10.4. The molecule has 2 N–H and O–H groups in total. The van der Waals surface area contributed by atoms with E-state index in [2.05, 4.69) is 10.3 Å². The maximum atomic E-state index is 14.3. The summed E-state index contributed by atoms with van der Waals surface area (Å²) in [6.45, 7) is 6.88. The zero-order chi connectivity index (χ0) is 32.3. The normalized spacial score (nSPS) is 22.8. The first kappa shape index (κ1) is 34.4. The van der Waals surface area contributed by atoms with E-state index >= 15 is 0 Å². The molecule has 2 heterocycles. The van der Waals surface area contributed by atoms with Gasteiger partial charge in [-0.2, -0.15) is 0 Å². The Balaban J connectivity index is 1.61. The van der Waals surface area contributed by atoms with Gasteiger partial charge in [-0.1, -0.05) is 26.2 Å². The van der Waals surface area contributed by atoms with Crippen molar-refractivity contribution < 1.29 is 29.0 Å². The van der Waals surface area contributed by atoms with Crippen LogP contribution >= 0.6 is 0 Å². The van der Waals surface area contributed by atoms with Crippen molar-refractivity contribution in [3.8, 4) is 5.75 Å². The topological polar surface area (TPSA) is 121 Å². The molecule has 1 fully saturated rings. The molecule has 1 aromatic carbocycles. The molecule has 45 heavy (non-hydrogen) atoms. The molecule has 2 aliphatic rings. The van der Waals surface area contributed by atoms with Crippen molar-refractivity contribution in [2.45, 2.75) is 90.4 Å². The van der Waals surface area contributed by atoms with Gasteiger partial charge < -0.3 is 29.7 Å². The van der Waals surface area contributed by atoms with Gasteiger partial charge in [0.1, 0.15) is 5.75 Å². The second-order valence-electron chi connectivity index (χ2n) is 12.8. The number of rotatable bonds is 7. The van der Waals surface area contributed by atoms with Gasteiger partial charge in [0.25, 0.3) is 11.8 Å². The minimum atomic E-state index is -0.490. The van der Waals surface area contributed by atoms with Crippen LogP contribution in [0, 0.1) is 11.8 Å². The summed E-state index contributed by atoms with van der Waals surface area (Å²) in [5.41, 5.74) is 1.21. The van der Waals surface area contributed by atoms with E-state index in [9.17, 15) is 19.5 Å². The fourth-order valence-electron chi connectivity index (χ4n) is 6.19. The maximum Gasteiger partial charge on any atom is 0.258 e. The number of ether oxygens (including phenoxy) is 2. The van der Waals surface area contributed by atoms with Crippen LogP contribution in [0.1, 0.15) is 92.9 Å². The molecule has 3 amide bonds. The van der Waals surface area contributed by atoms with E-state index in [4.69, 9.17) is 9.47 Å². The van der Waals surface area contributed by atoms with E-state index in [1.54, 1.807) is 54.5 Å². The molecule has 2 aromatic rings. The number of aliphatic hydroxyl groups is 1. The standard InChI is InChI=1S/C35H50N4O6/c1-24-21-39(25(2)23-40)35(43)30-20-29(37-33(41)27-15-17-36-18-16-27)13-14-31(30)45-26(3)10-8-9-19-44-32(24)22-38(4)34(42)28-11-6-5-7-12-28/h13-18,20,24-26,28,32,40H,5-12,19,21-23H2,1-4H3,(H,37,41)/t24-,25+,26+,32+/m1/s1. The number of anilines is 1. The van der Waals surface area contributed by atoms with Crippen molar-refractivity contribution >= 4 is 23.4 Å². The van der Waals surface area contributed by atoms with Gasteiger partial charge in [-0.3, -0.25) is 19.4 Å². The molecule has 4 rings (SSSR count). The van der Waals surface area contributed by atoms with Crippen molar-refractivity contribution in [2.24, 2.45) is 11.8 Å². The fourth-order valence-corrected chi connectivity index (χ4v) is 6.19. The molecule has 10 heteroatoms. The van der Waals surface area contributed by atoms with Crippen LogP contribution in [0.5, 0.6) is 5.75 Å². The van der Waals surface area contributed by atoms with E-state index < -0.39 is 6.04 Å². The van der Waals surface area contributed by atoms with E-state index in [0.717, 1.165) is 44.9 Å². The second kappa shape index (κ2) is 16.7. The number of aromatic nitrogens is 1. The Morgan fingerprint density at radius 1 is 1.07 bits per heavy atom. The first-order valence-electron chi connectivity index (χ1n) is 16.5. The van der Waals surface area contributed by atoms with Crippen molar-refractivity contribution in [1.82, 2.24) is 14.8 Å². The number of fused-ring (bicyclic) bond motifs is 1. The highest BCUT2D eigenvalue weighted by Gasteiger charge is 2.32. The van der Waals surface area contributed by atoms with Gasteiger partial charge in [0.05, 0.1) is 30.4 Å². The van der Waals surface area contributed by atoms with Gasteiger partial charge in [0.15, 0.2) is 0 Å². The van der Waals surface area contributed by atoms with Gasteiger partial charge in [0.2, 0.25) is 5.91 Å². The number of pyridine rings is 1. The van der Waals surface area contributed by atoms with Crippen LogP contribution in [-0.2, 0) is 9.53 Å². The molecule has 4 atom stereocenters. The Kier molecular flexibility index (Phi) is 12.8. The molecule has 0 radical (unpaired) electrons. The predicted octanol–water partition coefficient (Wildman–Crippen LogP) is 5.17. The first-order chi connectivity index (χ1) is 21.7.